The van der Waals surface area contributed by atoms with Crippen LogP contribution in [0.5, 0.6) is 0 Å². The molecular weight excluding hydrogens is 606 g/mol. The Labute approximate surface area is 267 Å². The predicted octanol–water partition coefficient (Wildman–Crippen LogP) is 1.23. The van der Waals surface area contributed by atoms with E-state index in [0.29, 0.717) is 72.5 Å². The first-order chi connectivity index (χ1) is 22.3. The number of ether oxygens (including phenoxy) is 6. The molecule has 1 unspecified atom stereocenters. The molecule has 5 amide bonds. The maximum Gasteiger partial charge on any atom is 0.307 e. The van der Waals surface area contributed by atoms with Gasteiger partial charge < -0.3 is 33.7 Å². The van der Waals surface area contributed by atoms with Crippen molar-refractivity contribution in [1.82, 2.24) is 10.2 Å². The summed E-state index contributed by atoms with van der Waals surface area (Å²) in [6, 6.07) is 3.52. The number of amides is 5. The van der Waals surface area contributed by atoms with Crippen LogP contribution in [0.3, 0.4) is 0 Å². The van der Waals surface area contributed by atoms with Crippen LogP contribution in [0.1, 0.15) is 65.7 Å². The molecule has 1 aromatic carbocycles. The Bertz CT molecular complexity index is 1210. The number of esters is 1. The molecule has 15 nitrogen and oxygen atoms in total. The molecule has 2 aliphatic heterocycles. The van der Waals surface area contributed by atoms with Gasteiger partial charge >= 0.3 is 5.97 Å². The molecule has 1 fully saturated rings. The van der Waals surface area contributed by atoms with Crippen LogP contribution in [0.4, 0.5) is 5.69 Å². The van der Waals surface area contributed by atoms with Gasteiger partial charge in [-0.25, -0.2) is 0 Å². The van der Waals surface area contributed by atoms with E-state index in [9.17, 15) is 28.8 Å². The first kappa shape index (κ1) is 36.7. The fourth-order valence-electron chi connectivity index (χ4n) is 4.74. The van der Waals surface area contributed by atoms with E-state index in [4.69, 9.17) is 23.7 Å². The maximum absolute atomic E-state index is 13.1. The number of rotatable bonds is 23. The topological polar surface area (TPSA) is 185 Å². The molecule has 0 aromatic heterocycles. The average molecular weight is 650 g/mol. The smallest absolute Gasteiger partial charge is 0.307 e. The lowest BCUT2D eigenvalue weighted by molar-refractivity contribution is -0.142. The molecular formula is C31H43N3O12. The molecule has 254 valence electrons. The molecule has 46 heavy (non-hydrogen) atoms. The molecule has 0 spiro atoms. The summed E-state index contributed by atoms with van der Waals surface area (Å²) in [4.78, 5) is 74.2. The van der Waals surface area contributed by atoms with Crippen LogP contribution in [0, 0.1) is 0 Å². The van der Waals surface area contributed by atoms with Crippen LogP contribution in [0.2, 0.25) is 0 Å². The van der Waals surface area contributed by atoms with Crippen LogP contribution in [-0.2, 0) is 47.6 Å². The Hall–Kier alpha value is -3.76. The largest absolute Gasteiger partial charge is 0.469 e. The molecule has 15 heteroatoms. The van der Waals surface area contributed by atoms with Crippen LogP contribution < -0.4 is 10.6 Å². The van der Waals surface area contributed by atoms with Crippen LogP contribution in [0.15, 0.2) is 18.2 Å². The second kappa shape index (κ2) is 20.4. The van der Waals surface area contributed by atoms with Gasteiger partial charge in [-0.1, -0.05) is 12.5 Å². The van der Waals surface area contributed by atoms with Gasteiger partial charge in [0.1, 0.15) is 6.04 Å². The monoisotopic (exact) mass is 649 g/mol. The first-order valence-corrected chi connectivity index (χ1v) is 15.4. The molecule has 2 heterocycles. The fourth-order valence-corrected chi connectivity index (χ4v) is 4.74. The van der Waals surface area contributed by atoms with Crippen LogP contribution in [0.25, 0.3) is 0 Å². The summed E-state index contributed by atoms with van der Waals surface area (Å²) in [6.07, 6.45) is 2.67. The predicted molar refractivity (Wildman–Crippen MR) is 161 cm³/mol. The molecule has 3 rings (SSSR count). The van der Waals surface area contributed by atoms with Gasteiger partial charge in [0.25, 0.3) is 11.8 Å². The first-order valence-electron chi connectivity index (χ1n) is 15.4. The number of hydrogen-bond acceptors (Lipinski definition) is 12. The van der Waals surface area contributed by atoms with E-state index in [2.05, 4.69) is 15.4 Å². The third-order valence-corrected chi connectivity index (χ3v) is 7.10. The molecule has 2 aliphatic rings. The Kier molecular flexibility index (Phi) is 16.3. The van der Waals surface area contributed by atoms with E-state index in [1.807, 2.05) is 0 Å². The molecule has 2 N–H and O–H groups in total. The summed E-state index contributed by atoms with van der Waals surface area (Å²) in [5, 5.41) is 4.89. The van der Waals surface area contributed by atoms with Crippen molar-refractivity contribution in [1.29, 1.82) is 0 Å². The summed E-state index contributed by atoms with van der Waals surface area (Å²) < 4.78 is 31.6. The zero-order chi connectivity index (χ0) is 33.1. The van der Waals surface area contributed by atoms with Crippen molar-refractivity contribution < 1.29 is 57.2 Å². The zero-order valence-electron chi connectivity index (χ0n) is 26.2. The van der Waals surface area contributed by atoms with Crippen molar-refractivity contribution in [3.05, 3.63) is 29.3 Å². The van der Waals surface area contributed by atoms with E-state index in [-0.39, 0.29) is 54.4 Å². The lowest BCUT2D eigenvalue weighted by Gasteiger charge is -2.27. The van der Waals surface area contributed by atoms with Gasteiger partial charge in [0.2, 0.25) is 17.7 Å². The van der Waals surface area contributed by atoms with Crippen molar-refractivity contribution in [2.75, 3.05) is 78.5 Å². The Balaban J connectivity index is 1.17. The number of unbranched alkanes of at least 4 members (excludes halogenated alkanes) is 2. The lowest BCUT2D eigenvalue weighted by Crippen LogP contribution is -2.54. The standard InChI is InChI=1S/C31H43N3O12/c1-41-27(37)11-13-43-15-17-45-19-21-46-20-18-44-16-14-42-12-4-2-3-8-25(35)32-23-7-5-6-22-28(23)31(40)34(30(22)39)24-9-10-26(36)33-29(24)38/h5-7,24H,2-4,8-21H2,1H3,(H,32,35)(H,33,36,38). The summed E-state index contributed by atoms with van der Waals surface area (Å²) in [5.74, 6) is -3.03. The molecule has 0 radical (unpaired) electrons. The summed E-state index contributed by atoms with van der Waals surface area (Å²) in [7, 11) is 1.34. The molecule has 1 aromatic rings. The number of methoxy groups -OCH3 is 1. The Morgan fingerprint density at radius 2 is 1.39 bits per heavy atom. The average Bonchev–Trinajstić information content (AvgIpc) is 3.29. The van der Waals surface area contributed by atoms with Gasteiger partial charge in [-0.2, -0.15) is 0 Å². The number of piperidine rings is 1. The zero-order valence-corrected chi connectivity index (χ0v) is 26.2. The van der Waals surface area contributed by atoms with Crippen molar-refractivity contribution >= 4 is 41.2 Å². The number of benzene rings is 1. The third-order valence-electron chi connectivity index (χ3n) is 7.10. The fraction of sp³-hybridized carbons (Fsp3) is 0.613. The van der Waals surface area contributed by atoms with Crippen molar-refractivity contribution in [2.24, 2.45) is 0 Å². The highest BCUT2D eigenvalue weighted by atomic mass is 16.6. The number of carbonyl (C=O) groups excluding carboxylic acids is 6. The minimum absolute atomic E-state index is 0.0286. The number of nitrogens with zero attached hydrogens (tertiary/aromatic N) is 1. The molecule has 1 saturated heterocycles. The molecule has 0 saturated carbocycles. The Morgan fingerprint density at radius 1 is 0.783 bits per heavy atom. The van der Waals surface area contributed by atoms with Crippen molar-refractivity contribution in [2.45, 2.75) is 51.0 Å². The SMILES string of the molecule is COC(=O)CCOCCOCCOCCOCCOCCCCCC(=O)Nc1cccc2c1C(=O)N(C1CCC(=O)NC1=O)C2=O. The number of imide groups is 2. The lowest BCUT2D eigenvalue weighted by atomic mass is 10.0. The van der Waals surface area contributed by atoms with Gasteiger partial charge in [0.15, 0.2) is 0 Å². The second-order valence-electron chi connectivity index (χ2n) is 10.4. The van der Waals surface area contributed by atoms with Crippen LogP contribution >= 0.6 is 0 Å². The number of fused-ring (bicyclic) bond motifs is 1. The van der Waals surface area contributed by atoms with E-state index in [0.717, 1.165) is 17.7 Å². The second-order valence-corrected chi connectivity index (χ2v) is 10.4. The van der Waals surface area contributed by atoms with Gasteiger partial charge in [-0.15, -0.1) is 0 Å². The van der Waals surface area contributed by atoms with Gasteiger partial charge in [0.05, 0.1) is 89.8 Å². The molecule has 0 aliphatic carbocycles. The summed E-state index contributed by atoms with van der Waals surface area (Å²) in [6.45, 7) is 4.29. The Morgan fingerprint density at radius 3 is 2.00 bits per heavy atom. The minimum Gasteiger partial charge on any atom is -0.469 e. The number of hydrogen-bond donors (Lipinski definition) is 2. The number of nitrogens with one attached hydrogen (secondary N) is 2. The highest BCUT2D eigenvalue weighted by Gasteiger charge is 2.45. The third kappa shape index (κ3) is 11.9. The van der Waals surface area contributed by atoms with Gasteiger partial charge in [0, 0.05) is 19.4 Å². The van der Waals surface area contributed by atoms with Gasteiger partial charge in [-0.3, -0.25) is 39.0 Å². The van der Waals surface area contributed by atoms with Gasteiger partial charge in [-0.05, 0) is 31.4 Å². The highest BCUT2D eigenvalue weighted by molar-refractivity contribution is 6.26. The minimum atomic E-state index is -1.07. The number of carbonyl (C=O) groups is 6. The maximum atomic E-state index is 13.1. The normalized spacial score (nSPS) is 16.0. The highest BCUT2D eigenvalue weighted by Crippen LogP contribution is 2.32. The quantitative estimate of drug-likeness (QED) is 0.0983. The van der Waals surface area contributed by atoms with E-state index < -0.39 is 29.7 Å². The summed E-state index contributed by atoms with van der Waals surface area (Å²) in [5.41, 5.74) is 0.377. The van der Waals surface area contributed by atoms with Crippen molar-refractivity contribution in [3.63, 3.8) is 0 Å². The van der Waals surface area contributed by atoms with E-state index in [1.165, 1.54) is 13.2 Å². The van der Waals surface area contributed by atoms with E-state index >= 15 is 0 Å². The van der Waals surface area contributed by atoms with E-state index in [1.54, 1.807) is 12.1 Å². The number of anilines is 1. The van der Waals surface area contributed by atoms with Crippen LogP contribution in [-0.4, -0.2) is 120 Å². The summed E-state index contributed by atoms with van der Waals surface area (Å²) >= 11 is 0. The molecule has 1 atom stereocenters. The van der Waals surface area contributed by atoms with Crippen molar-refractivity contribution in [3.8, 4) is 0 Å². The molecule has 0 bridgehead atoms.